The molecule has 0 fully saturated rings. The summed E-state index contributed by atoms with van der Waals surface area (Å²) in [5, 5.41) is 15.6. The van der Waals surface area contributed by atoms with Crippen molar-refractivity contribution in [2.75, 3.05) is 5.32 Å². The zero-order valence-electron chi connectivity index (χ0n) is 12.9. The average Bonchev–Trinajstić information content (AvgIpc) is 3.12. The number of thiazole rings is 1. The normalized spacial score (nSPS) is 12.9. The molecule has 0 aliphatic carbocycles. The van der Waals surface area contributed by atoms with Crippen LogP contribution in [0.1, 0.15) is 20.9 Å². The number of nitrogens with one attached hydrogen (secondary N) is 1. The number of aliphatic imine (C=N–C) groups is 1. The Balaban J connectivity index is 1.61. The fraction of sp³-hybridized carbons (Fsp3) is 0.0556. The SMILES string of the molecule is O=C(O)c1ccc(-c2csc(C3=NCc4cccc(Cl)c4N3)n2)cc1. The maximum absolute atomic E-state index is 10.9. The van der Waals surface area contributed by atoms with Crippen LogP contribution in [0.5, 0.6) is 0 Å². The molecule has 7 heteroatoms. The average molecular weight is 370 g/mol. The van der Waals surface area contributed by atoms with Crippen LogP contribution < -0.4 is 5.32 Å². The van der Waals surface area contributed by atoms with E-state index >= 15 is 0 Å². The summed E-state index contributed by atoms with van der Waals surface area (Å²) in [6, 6.07) is 12.4. The number of halogens is 1. The lowest BCUT2D eigenvalue weighted by Gasteiger charge is -2.18. The first-order valence-corrected chi connectivity index (χ1v) is 8.76. The maximum Gasteiger partial charge on any atom is 0.335 e. The summed E-state index contributed by atoms with van der Waals surface area (Å²) in [6.45, 7) is 0.556. The third-order valence-electron chi connectivity index (χ3n) is 3.89. The number of para-hydroxylation sites is 1. The number of hydrogen-bond acceptors (Lipinski definition) is 5. The molecule has 25 heavy (non-hydrogen) atoms. The second-order valence-corrected chi connectivity index (χ2v) is 6.75. The van der Waals surface area contributed by atoms with Gasteiger partial charge in [-0.3, -0.25) is 4.99 Å². The van der Waals surface area contributed by atoms with Gasteiger partial charge in [0.2, 0.25) is 0 Å². The molecule has 5 nitrogen and oxygen atoms in total. The fourth-order valence-electron chi connectivity index (χ4n) is 2.58. The molecule has 0 unspecified atom stereocenters. The number of carboxylic acid groups (broad SMARTS) is 1. The van der Waals surface area contributed by atoms with Crippen LogP contribution in [0.15, 0.2) is 52.8 Å². The van der Waals surface area contributed by atoms with Crippen molar-refractivity contribution in [2.24, 2.45) is 4.99 Å². The molecule has 0 saturated heterocycles. The number of carbonyl (C=O) groups is 1. The highest BCUT2D eigenvalue weighted by molar-refractivity contribution is 7.12. The molecular formula is C18H12ClN3O2S. The quantitative estimate of drug-likeness (QED) is 0.711. The number of rotatable bonds is 3. The van der Waals surface area contributed by atoms with Gasteiger partial charge >= 0.3 is 5.97 Å². The van der Waals surface area contributed by atoms with E-state index in [1.165, 1.54) is 11.3 Å². The van der Waals surface area contributed by atoms with Gasteiger partial charge in [-0.25, -0.2) is 9.78 Å². The summed E-state index contributed by atoms with van der Waals surface area (Å²) in [6.07, 6.45) is 0. The highest BCUT2D eigenvalue weighted by Gasteiger charge is 2.18. The minimum atomic E-state index is -0.943. The molecule has 124 valence electrons. The van der Waals surface area contributed by atoms with Gasteiger partial charge in [0.05, 0.1) is 28.5 Å². The largest absolute Gasteiger partial charge is 0.478 e. The van der Waals surface area contributed by atoms with Crippen LogP contribution in [-0.4, -0.2) is 21.9 Å². The van der Waals surface area contributed by atoms with E-state index in [1.54, 1.807) is 24.3 Å². The van der Waals surface area contributed by atoms with Crippen LogP contribution in [0.2, 0.25) is 5.02 Å². The molecule has 2 heterocycles. The lowest BCUT2D eigenvalue weighted by Crippen LogP contribution is -2.19. The number of anilines is 1. The molecule has 0 bridgehead atoms. The molecule has 0 amide bonds. The highest BCUT2D eigenvalue weighted by atomic mass is 35.5. The summed E-state index contributed by atoms with van der Waals surface area (Å²) in [5.74, 6) is -0.249. The molecule has 0 radical (unpaired) electrons. The Morgan fingerprint density at radius 1 is 1.20 bits per heavy atom. The van der Waals surface area contributed by atoms with Gasteiger partial charge in [-0.2, -0.15) is 0 Å². The first-order chi connectivity index (χ1) is 12.1. The van der Waals surface area contributed by atoms with Gasteiger partial charge in [0, 0.05) is 10.9 Å². The Kier molecular flexibility index (Phi) is 3.99. The maximum atomic E-state index is 10.9. The molecule has 0 atom stereocenters. The van der Waals surface area contributed by atoms with Crippen molar-refractivity contribution in [1.29, 1.82) is 0 Å². The van der Waals surface area contributed by atoms with Crippen LogP contribution in [0.4, 0.5) is 5.69 Å². The number of fused-ring (bicyclic) bond motifs is 1. The third-order valence-corrected chi connectivity index (χ3v) is 5.05. The Morgan fingerprint density at radius 3 is 2.76 bits per heavy atom. The molecule has 1 aliphatic rings. The predicted molar refractivity (Wildman–Crippen MR) is 99.8 cm³/mol. The van der Waals surface area contributed by atoms with Gasteiger partial charge < -0.3 is 10.4 Å². The molecule has 3 aromatic rings. The minimum absolute atomic E-state index is 0.253. The number of aromatic carboxylic acids is 1. The summed E-state index contributed by atoms with van der Waals surface area (Å²) < 4.78 is 0. The van der Waals surface area contributed by atoms with Crippen LogP contribution in [0.3, 0.4) is 0 Å². The first-order valence-electron chi connectivity index (χ1n) is 7.50. The van der Waals surface area contributed by atoms with E-state index in [4.69, 9.17) is 16.7 Å². The minimum Gasteiger partial charge on any atom is -0.478 e. The molecule has 0 saturated carbocycles. The highest BCUT2D eigenvalue weighted by Crippen LogP contribution is 2.31. The van der Waals surface area contributed by atoms with Crippen molar-refractivity contribution in [2.45, 2.75) is 6.54 Å². The van der Waals surface area contributed by atoms with Crippen molar-refractivity contribution >= 4 is 40.4 Å². The second kappa shape index (κ2) is 6.31. The van der Waals surface area contributed by atoms with Gasteiger partial charge in [-0.1, -0.05) is 35.9 Å². The van der Waals surface area contributed by atoms with Crippen molar-refractivity contribution < 1.29 is 9.90 Å². The summed E-state index contributed by atoms with van der Waals surface area (Å²) in [7, 11) is 0. The standard InChI is InChI=1S/C18H12ClN3O2S/c19-13-3-1-2-12-8-20-16(22-15(12)13)17-21-14(9-25-17)10-4-6-11(7-5-10)18(23)24/h1-7,9H,8H2,(H,20,22)(H,23,24). The fourth-order valence-corrected chi connectivity index (χ4v) is 3.61. The number of aromatic nitrogens is 1. The number of carboxylic acids is 1. The van der Waals surface area contributed by atoms with Gasteiger partial charge in [0.1, 0.15) is 0 Å². The number of hydrogen-bond donors (Lipinski definition) is 2. The van der Waals surface area contributed by atoms with Gasteiger partial charge in [-0.05, 0) is 23.8 Å². The van der Waals surface area contributed by atoms with Crippen molar-refractivity contribution in [1.82, 2.24) is 4.98 Å². The van der Waals surface area contributed by atoms with E-state index in [0.29, 0.717) is 17.4 Å². The van der Waals surface area contributed by atoms with Crippen LogP contribution in [0, 0.1) is 0 Å². The van der Waals surface area contributed by atoms with E-state index in [-0.39, 0.29) is 5.56 Å². The predicted octanol–water partition coefficient (Wildman–Crippen LogP) is 4.53. The molecule has 1 aliphatic heterocycles. The third kappa shape index (κ3) is 3.01. The molecule has 4 rings (SSSR count). The van der Waals surface area contributed by atoms with E-state index in [1.807, 2.05) is 23.6 Å². The van der Waals surface area contributed by atoms with E-state index in [2.05, 4.69) is 15.3 Å². The lowest BCUT2D eigenvalue weighted by molar-refractivity contribution is 0.0697. The van der Waals surface area contributed by atoms with Crippen molar-refractivity contribution in [3.05, 3.63) is 69.0 Å². The topological polar surface area (TPSA) is 74.6 Å². The van der Waals surface area contributed by atoms with Gasteiger partial charge in [0.25, 0.3) is 0 Å². The van der Waals surface area contributed by atoms with Crippen LogP contribution in [-0.2, 0) is 6.54 Å². The Morgan fingerprint density at radius 2 is 2.00 bits per heavy atom. The van der Waals surface area contributed by atoms with Gasteiger partial charge in [-0.15, -0.1) is 11.3 Å². The van der Waals surface area contributed by atoms with Crippen LogP contribution in [0.25, 0.3) is 11.3 Å². The van der Waals surface area contributed by atoms with E-state index < -0.39 is 5.97 Å². The van der Waals surface area contributed by atoms with Crippen molar-refractivity contribution in [3.8, 4) is 11.3 Å². The number of nitrogens with zero attached hydrogens (tertiary/aromatic N) is 2. The number of amidine groups is 1. The molecule has 2 aromatic carbocycles. The number of benzene rings is 2. The van der Waals surface area contributed by atoms with Crippen molar-refractivity contribution in [3.63, 3.8) is 0 Å². The molecule has 2 N–H and O–H groups in total. The van der Waals surface area contributed by atoms with Crippen LogP contribution >= 0.6 is 22.9 Å². The Labute approximate surface area is 152 Å². The summed E-state index contributed by atoms with van der Waals surface area (Å²) in [5.41, 5.74) is 3.83. The summed E-state index contributed by atoms with van der Waals surface area (Å²) >= 11 is 7.73. The monoisotopic (exact) mass is 369 g/mol. The smallest absolute Gasteiger partial charge is 0.335 e. The summed E-state index contributed by atoms with van der Waals surface area (Å²) in [4.78, 5) is 20.1. The first kappa shape index (κ1) is 15.8. The zero-order valence-corrected chi connectivity index (χ0v) is 14.4. The second-order valence-electron chi connectivity index (χ2n) is 5.48. The lowest BCUT2D eigenvalue weighted by atomic mass is 10.1. The zero-order chi connectivity index (χ0) is 17.4. The molecule has 1 aromatic heterocycles. The molecular weight excluding hydrogens is 358 g/mol. The molecule has 0 spiro atoms. The Hall–Kier alpha value is -2.70. The van der Waals surface area contributed by atoms with E-state index in [9.17, 15) is 4.79 Å². The Bertz CT molecular complexity index is 996. The van der Waals surface area contributed by atoms with E-state index in [0.717, 1.165) is 27.5 Å². The van der Waals surface area contributed by atoms with Gasteiger partial charge in [0.15, 0.2) is 10.8 Å².